The highest BCUT2D eigenvalue weighted by atomic mass is 16.3. The minimum atomic E-state index is -0.0788. The second-order valence-electron chi connectivity index (χ2n) is 6.58. The van der Waals surface area contributed by atoms with Crippen molar-refractivity contribution in [3.8, 4) is 0 Å². The summed E-state index contributed by atoms with van der Waals surface area (Å²) in [5.41, 5.74) is 2.69. The van der Waals surface area contributed by atoms with Gasteiger partial charge in [0.15, 0.2) is 17.0 Å². The van der Waals surface area contributed by atoms with Crippen molar-refractivity contribution in [3.05, 3.63) is 42.2 Å². The fourth-order valence-corrected chi connectivity index (χ4v) is 2.72. The van der Waals surface area contributed by atoms with Crippen molar-refractivity contribution in [3.63, 3.8) is 0 Å². The van der Waals surface area contributed by atoms with Gasteiger partial charge in [-0.25, -0.2) is 4.98 Å². The second-order valence-corrected chi connectivity index (χ2v) is 6.58. The molecule has 0 fully saturated rings. The fraction of sp³-hybridized carbons (Fsp3) is 0.476. The Balaban J connectivity index is 0.00000136. The smallest absolute Gasteiger partial charge is 0.227 e. The monoisotopic (exact) mass is 384 g/mol. The molecule has 7 nitrogen and oxygen atoms in total. The predicted octanol–water partition coefficient (Wildman–Crippen LogP) is 4.23. The first kappa shape index (κ1) is 21.6. The van der Waals surface area contributed by atoms with Crippen LogP contribution < -0.4 is 10.6 Å². The highest BCUT2D eigenvalue weighted by Crippen LogP contribution is 2.24. The van der Waals surface area contributed by atoms with E-state index in [1.807, 2.05) is 43.5 Å². The minimum absolute atomic E-state index is 0.0358. The van der Waals surface area contributed by atoms with E-state index >= 15 is 0 Å². The number of rotatable bonds is 8. The maximum Gasteiger partial charge on any atom is 0.227 e. The van der Waals surface area contributed by atoms with Crippen molar-refractivity contribution in [1.82, 2.24) is 19.5 Å². The summed E-state index contributed by atoms with van der Waals surface area (Å²) < 4.78 is 2.02. The Hall–Kier alpha value is -2.67. The van der Waals surface area contributed by atoms with Gasteiger partial charge in [-0.1, -0.05) is 51.1 Å². The molecule has 2 aromatic heterocycles. The van der Waals surface area contributed by atoms with Crippen LogP contribution in [0.1, 0.15) is 52.6 Å². The summed E-state index contributed by atoms with van der Waals surface area (Å²) in [7, 11) is 0. The summed E-state index contributed by atoms with van der Waals surface area (Å²) in [5, 5.41) is 16.1. The van der Waals surface area contributed by atoms with Crippen molar-refractivity contribution in [2.75, 3.05) is 17.2 Å². The van der Waals surface area contributed by atoms with Crippen molar-refractivity contribution in [2.24, 2.45) is 0 Å². The molecule has 0 aliphatic carbocycles. The molecule has 0 amide bonds. The molecule has 3 N–H and O–H groups in total. The molecule has 1 unspecified atom stereocenters. The van der Waals surface area contributed by atoms with E-state index in [0.29, 0.717) is 18.3 Å². The molecule has 0 aliphatic heterocycles. The standard InChI is InChI=1S/C19H26N6O.C2H6/c1-4-15(11-26)22-19-23-17(20-10-14-8-6-5-7-9-14)16-18(24-19)25(12-21-16)13(2)3;1-2/h5-9,12-13,15,26H,4,10-11H2,1-3H3,(H2,20,22,23,24);1-2H3. The van der Waals surface area contributed by atoms with Crippen LogP contribution in [-0.2, 0) is 6.54 Å². The summed E-state index contributed by atoms with van der Waals surface area (Å²) in [6.45, 7) is 10.9. The number of hydrogen-bond acceptors (Lipinski definition) is 6. The summed E-state index contributed by atoms with van der Waals surface area (Å²) in [6.07, 6.45) is 2.58. The summed E-state index contributed by atoms with van der Waals surface area (Å²) in [6, 6.07) is 10.3. The Morgan fingerprint density at radius 1 is 1.11 bits per heavy atom. The number of anilines is 2. The first-order chi connectivity index (χ1) is 13.6. The zero-order chi connectivity index (χ0) is 20.5. The molecule has 0 spiro atoms. The van der Waals surface area contributed by atoms with Gasteiger partial charge in [0.25, 0.3) is 0 Å². The van der Waals surface area contributed by atoms with E-state index in [1.54, 1.807) is 6.33 Å². The Morgan fingerprint density at radius 3 is 2.43 bits per heavy atom. The summed E-state index contributed by atoms with van der Waals surface area (Å²) in [5.74, 6) is 1.19. The third kappa shape index (κ3) is 5.19. The molecule has 0 bridgehead atoms. The topological polar surface area (TPSA) is 87.9 Å². The first-order valence-electron chi connectivity index (χ1n) is 10.0. The molecule has 0 saturated carbocycles. The van der Waals surface area contributed by atoms with E-state index in [-0.39, 0.29) is 18.7 Å². The highest BCUT2D eigenvalue weighted by Gasteiger charge is 2.16. The lowest BCUT2D eigenvalue weighted by Gasteiger charge is -2.16. The van der Waals surface area contributed by atoms with Crippen LogP contribution >= 0.6 is 0 Å². The molecule has 7 heteroatoms. The maximum atomic E-state index is 9.47. The third-order valence-electron chi connectivity index (χ3n) is 4.33. The average Bonchev–Trinajstić information content (AvgIpc) is 3.17. The van der Waals surface area contributed by atoms with E-state index in [1.165, 1.54) is 5.56 Å². The van der Waals surface area contributed by atoms with Gasteiger partial charge in [-0.15, -0.1) is 0 Å². The van der Waals surface area contributed by atoms with E-state index in [4.69, 9.17) is 0 Å². The zero-order valence-corrected chi connectivity index (χ0v) is 17.5. The molecule has 3 aromatic rings. The Bertz CT molecular complexity index is 843. The van der Waals surface area contributed by atoms with E-state index in [0.717, 1.165) is 17.6 Å². The molecular formula is C21H32N6O. The van der Waals surface area contributed by atoms with Gasteiger partial charge in [0.05, 0.1) is 19.0 Å². The highest BCUT2D eigenvalue weighted by molar-refractivity contribution is 5.84. The lowest BCUT2D eigenvalue weighted by Crippen LogP contribution is -2.24. The number of aliphatic hydroxyl groups is 1. The van der Waals surface area contributed by atoms with Crippen molar-refractivity contribution in [2.45, 2.75) is 59.7 Å². The lowest BCUT2D eigenvalue weighted by atomic mass is 10.2. The first-order valence-corrected chi connectivity index (χ1v) is 10.0. The molecule has 3 rings (SSSR count). The Morgan fingerprint density at radius 2 is 1.82 bits per heavy atom. The van der Waals surface area contributed by atoms with Gasteiger partial charge in [0.1, 0.15) is 0 Å². The molecule has 0 radical (unpaired) electrons. The summed E-state index contributed by atoms with van der Waals surface area (Å²) in [4.78, 5) is 13.8. The number of aliphatic hydroxyl groups excluding tert-OH is 1. The molecule has 28 heavy (non-hydrogen) atoms. The van der Waals surface area contributed by atoms with E-state index in [2.05, 4.69) is 51.6 Å². The van der Waals surface area contributed by atoms with Gasteiger partial charge in [-0.2, -0.15) is 9.97 Å². The zero-order valence-electron chi connectivity index (χ0n) is 17.5. The van der Waals surface area contributed by atoms with Crippen LogP contribution in [0.3, 0.4) is 0 Å². The van der Waals surface area contributed by atoms with Crippen LogP contribution in [0.25, 0.3) is 11.2 Å². The molecular weight excluding hydrogens is 352 g/mol. The van der Waals surface area contributed by atoms with Gasteiger partial charge in [-0.05, 0) is 25.8 Å². The van der Waals surface area contributed by atoms with Crippen LogP contribution in [0.5, 0.6) is 0 Å². The van der Waals surface area contributed by atoms with Crippen LogP contribution in [0.4, 0.5) is 11.8 Å². The minimum Gasteiger partial charge on any atom is -0.394 e. The Labute approximate surface area is 167 Å². The number of imidazole rings is 1. The number of aromatic nitrogens is 4. The number of nitrogens with zero attached hydrogens (tertiary/aromatic N) is 4. The van der Waals surface area contributed by atoms with Crippen LogP contribution in [0, 0.1) is 0 Å². The molecule has 2 heterocycles. The third-order valence-corrected chi connectivity index (χ3v) is 4.33. The molecule has 152 valence electrons. The van der Waals surface area contributed by atoms with Crippen LogP contribution in [0.15, 0.2) is 36.7 Å². The normalized spacial score (nSPS) is 11.8. The van der Waals surface area contributed by atoms with Gasteiger partial charge in [0.2, 0.25) is 5.95 Å². The summed E-state index contributed by atoms with van der Waals surface area (Å²) >= 11 is 0. The maximum absolute atomic E-state index is 9.47. The molecule has 1 atom stereocenters. The number of hydrogen-bond donors (Lipinski definition) is 3. The van der Waals surface area contributed by atoms with Gasteiger partial charge < -0.3 is 20.3 Å². The average molecular weight is 385 g/mol. The molecule has 1 aromatic carbocycles. The second kappa shape index (κ2) is 10.6. The van der Waals surface area contributed by atoms with Crippen molar-refractivity contribution in [1.29, 1.82) is 0 Å². The fourth-order valence-electron chi connectivity index (χ4n) is 2.72. The SMILES string of the molecule is CC.CCC(CO)Nc1nc(NCc2ccccc2)c2ncn(C(C)C)c2n1. The number of nitrogens with one attached hydrogen (secondary N) is 2. The van der Waals surface area contributed by atoms with Crippen LogP contribution in [0.2, 0.25) is 0 Å². The van der Waals surface area contributed by atoms with E-state index in [9.17, 15) is 5.11 Å². The quantitative estimate of drug-likeness (QED) is 0.539. The van der Waals surface area contributed by atoms with Gasteiger partial charge in [0, 0.05) is 12.6 Å². The van der Waals surface area contributed by atoms with Crippen LogP contribution in [-0.4, -0.2) is 37.3 Å². The Kier molecular flexibility index (Phi) is 8.19. The van der Waals surface area contributed by atoms with E-state index < -0.39 is 0 Å². The number of fused-ring (bicyclic) bond motifs is 1. The van der Waals surface area contributed by atoms with Crippen molar-refractivity contribution >= 4 is 22.9 Å². The predicted molar refractivity (Wildman–Crippen MR) is 116 cm³/mol. The molecule has 0 saturated heterocycles. The lowest BCUT2D eigenvalue weighted by molar-refractivity contribution is 0.271. The van der Waals surface area contributed by atoms with Gasteiger partial charge in [-0.3, -0.25) is 0 Å². The molecule has 0 aliphatic rings. The van der Waals surface area contributed by atoms with Gasteiger partial charge >= 0.3 is 0 Å². The van der Waals surface area contributed by atoms with Crippen molar-refractivity contribution < 1.29 is 5.11 Å². The number of benzene rings is 1. The largest absolute Gasteiger partial charge is 0.394 e.